The number of halogens is 2. The zero-order valence-corrected chi connectivity index (χ0v) is 21.0. The molecule has 0 aliphatic heterocycles. The van der Waals surface area contributed by atoms with E-state index >= 15 is 0 Å². The van der Waals surface area contributed by atoms with Gasteiger partial charge in [0.05, 0.1) is 26.4 Å². The van der Waals surface area contributed by atoms with Crippen molar-refractivity contribution in [2.75, 3.05) is 63.4 Å². The molecule has 2 rings (SSSR count). The molecule has 0 aromatic heterocycles. The van der Waals surface area contributed by atoms with Crippen molar-refractivity contribution < 1.29 is 14.2 Å². The second-order valence-electron chi connectivity index (χ2n) is 6.42. The zero-order valence-electron chi connectivity index (χ0n) is 16.7. The van der Waals surface area contributed by atoms with E-state index in [0.29, 0.717) is 26.4 Å². The first kappa shape index (κ1) is 24.6. The van der Waals surface area contributed by atoms with E-state index in [2.05, 4.69) is 104 Å². The molecule has 7 heteroatoms. The van der Waals surface area contributed by atoms with Crippen molar-refractivity contribution in [2.24, 2.45) is 0 Å². The smallest absolute Gasteiger partial charge is 0.0701 e. The Balaban J connectivity index is 1.30. The number of benzene rings is 2. The van der Waals surface area contributed by atoms with E-state index in [9.17, 15) is 0 Å². The highest BCUT2D eigenvalue weighted by Gasteiger charge is 1.96. The zero-order chi connectivity index (χ0) is 20.6. The minimum absolute atomic E-state index is 0.613. The van der Waals surface area contributed by atoms with Crippen molar-refractivity contribution in [1.82, 2.24) is 0 Å². The molecule has 0 fully saturated rings. The largest absolute Gasteiger partial charge is 0.385 e. The van der Waals surface area contributed by atoms with Crippen molar-refractivity contribution in [3.05, 3.63) is 55.7 Å². The second-order valence-corrected chi connectivity index (χ2v) is 8.91. The predicted molar refractivity (Wildman–Crippen MR) is 137 cm³/mol. The number of rotatable bonds is 16. The first-order valence-electron chi connectivity index (χ1n) is 9.96. The molecule has 0 amide bonds. The van der Waals surface area contributed by atoms with Crippen LogP contribution < -0.4 is 10.6 Å². The van der Waals surface area contributed by atoms with Crippen LogP contribution in [0.3, 0.4) is 0 Å². The Kier molecular flexibility index (Phi) is 13.7. The van der Waals surface area contributed by atoms with Gasteiger partial charge in [0.1, 0.15) is 0 Å². The van der Waals surface area contributed by atoms with Crippen LogP contribution in [0.1, 0.15) is 12.8 Å². The van der Waals surface area contributed by atoms with E-state index in [0.717, 1.165) is 50.5 Å². The topological polar surface area (TPSA) is 51.8 Å². The van der Waals surface area contributed by atoms with Gasteiger partial charge in [0.2, 0.25) is 0 Å². The Bertz CT molecular complexity index is 631. The van der Waals surface area contributed by atoms with E-state index in [1.54, 1.807) is 0 Å². The summed E-state index contributed by atoms with van der Waals surface area (Å²) in [5.74, 6) is 0. The molecular weight excluding hydrogens is 594 g/mol. The highest BCUT2D eigenvalue weighted by atomic mass is 127. The van der Waals surface area contributed by atoms with Crippen LogP contribution in [0.15, 0.2) is 48.5 Å². The third kappa shape index (κ3) is 12.6. The summed E-state index contributed by atoms with van der Waals surface area (Å²) in [6.45, 7) is 5.78. The van der Waals surface area contributed by atoms with Crippen molar-refractivity contribution >= 4 is 56.6 Å². The monoisotopic (exact) mass is 624 g/mol. The lowest BCUT2D eigenvalue weighted by Crippen LogP contribution is -2.12. The lowest BCUT2D eigenvalue weighted by atomic mass is 10.3. The minimum Gasteiger partial charge on any atom is -0.385 e. The summed E-state index contributed by atoms with van der Waals surface area (Å²) in [6, 6.07) is 16.7. The lowest BCUT2D eigenvalue weighted by Gasteiger charge is -2.09. The molecule has 160 valence electrons. The number of hydrogen-bond acceptors (Lipinski definition) is 5. The molecular formula is C22H30I2N2O3. The van der Waals surface area contributed by atoms with Crippen molar-refractivity contribution in [3.63, 3.8) is 0 Å². The fourth-order valence-electron chi connectivity index (χ4n) is 2.55. The second kappa shape index (κ2) is 16.1. The molecule has 5 nitrogen and oxygen atoms in total. The van der Waals surface area contributed by atoms with E-state index < -0.39 is 0 Å². The quantitative estimate of drug-likeness (QED) is 0.198. The van der Waals surface area contributed by atoms with Crippen LogP contribution in [-0.2, 0) is 14.2 Å². The summed E-state index contributed by atoms with van der Waals surface area (Å²) in [7, 11) is 0. The summed E-state index contributed by atoms with van der Waals surface area (Å²) in [4.78, 5) is 0. The molecule has 0 bridgehead atoms. The highest BCUT2D eigenvalue weighted by Crippen LogP contribution is 2.12. The average Bonchev–Trinajstić information content (AvgIpc) is 2.71. The van der Waals surface area contributed by atoms with Gasteiger partial charge in [0, 0.05) is 44.8 Å². The molecule has 2 aromatic carbocycles. The minimum atomic E-state index is 0.613. The number of ether oxygens (including phenoxy) is 3. The van der Waals surface area contributed by atoms with Gasteiger partial charge in [0.25, 0.3) is 0 Å². The molecule has 0 heterocycles. The van der Waals surface area contributed by atoms with Gasteiger partial charge in [-0.15, -0.1) is 0 Å². The summed E-state index contributed by atoms with van der Waals surface area (Å²) in [5, 5.41) is 6.80. The fraction of sp³-hybridized carbons (Fsp3) is 0.455. The molecule has 0 radical (unpaired) electrons. The van der Waals surface area contributed by atoms with Gasteiger partial charge in [-0.05, 0) is 94.4 Å². The number of hydrogen-bond donors (Lipinski definition) is 2. The van der Waals surface area contributed by atoms with Gasteiger partial charge in [-0.2, -0.15) is 0 Å². The predicted octanol–water partition coefficient (Wildman–Crippen LogP) is 5.25. The van der Waals surface area contributed by atoms with Gasteiger partial charge in [-0.1, -0.05) is 12.1 Å². The Morgan fingerprint density at radius 1 is 0.586 bits per heavy atom. The molecule has 0 unspecified atom stereocenters. The van der Waals surface area contributed by atoms with Crippen LogP contribution in [0.2, 0.25) is 0 Å². The first-order valence-corrected chi connectivity index (χ1v) is 12.1. The van der Waals surface area contributed by atoms with Crippen LogP contribution in [0, 0.1) is 7.14 Å². The van der Waals surface area contributed by atoms with E-state index in [1.807, 2.05) is 0 Å². The van der Waals surface area contributed by atoms with Gasteiger partial charge in [-0.3, -0.25) is 0 Å². The van der Waals surface area contributed by atoms with Gasteiger partial charge >= 0.3 is 0 Å². The average molecular weight is 624 g/mol. The van der Waals surface area contributed by atoms with Gasteiger partial charge in [-0.25, -0.2) is 0 Å². The van der Waals surface area contributed by atoms with E-state index in [4.69, 9.17) is 14.2 Å². The maximum absolute atomic E-state index is 5.59. The fourth-order valence-corrected chi connectivity index (χ4v) is 3.64. The molecule has 2 aromatic rings. The molecule has 0 atom stereocenters. The number of anilines is 2. The van der Waals surface area contributed by atoms with Crippen LogP contribution in [0.25, 0.3) is 0 Å². The molecule has 0 spiro atoms. The normalized spacial score (nSPS) is 10.8. The Hall–Kier alpha value is -0.620. The third-order valence-electron chi connectivity index (χ3n) is 3.98. The Morgan fingerprint density at radius 2 is 1.00 bits per heavy atom. The summed E-state index contributed by atoms with van der Waals surface area (Å²) >= 11 is 4.64. The summed E-state index contributed by atoms with van der Waals surface area (Å²) < 4.78 is 19.2. The van der Waals surface area contributed by atoms with E-state index in [-0.39, 0.29) is 0 Å². The molecule has 2 N–H and O–H groups in total. The highest BCUT2D eigenvalue weighted by molar-refractivity contribution is 14.1. The molecule has 0 aliphatic rings. The number of nitrogens with one attached hydrogen (secondary N) is 2. The van der Waals surface area contributed by atoms with Crippen LogP contribution >= 0.6 is 45.2 Å². The van der Waals surface area contributed by atoms with Gasteiger partial charge < -0.3 is 24.8 Å². The molecule has 0 saturated heterocycles. The van der Waals surface area contributed by atoms with Gasteiger partial charge in [0.15, 0.2) is 0 Å². The first-order chi connectivity index (χ1) is 14.2. The van der Waals surface area contributed by atoms with Crippen molar-refractivity contribution in [1.29, 1.82) is 0 Å². The van der Waals surface area contributed by atoms with Crippen LogP contribution in [-0.4, -0.2) is 52.7 Å². The van der Waals surface area contributed by atoms with E-state index in [1.165, 1.54) is 7.14 Å². The summed E-state index contributed by atoms with van der Waals surface area (Å²) in [5.41, 5.74) is 2.32. The molecule has 29 heavy (non-hydrogen) atoms. The molecule has 0 saturated carbocycles. The van der Waals surface area contributed by atoms with Crippen molar-refractivity contribution in [2.45, 2.75) is 12.8 Å². The maximum atomic E-state index is 5.59. The Morgan fingerprint density at radius 3 is 1.41 bits per heavy atom. The van der Waals surface area contributed by atoms with Crippen LogP contribution in [0.5, 0.6) is 0 Å². The maximum Gasteiger partial charge on any atom is 0.0701 e. The summed E-state index contributed by atoms with van der Waals surface area (Å²) in [6.07, 6.45) is 1.95. The van der Waals surface area contributed by atoms with Crippen LogP contribution in [0.4, 0.5) is 11.4 Å². The lowest BCUT2D eigenvalue weighted by molar-refractivity contribution is 0.0145. The SMILES string of the molecule is Ic1cccc(NCCCOCCOCCOCCCNc2cccc(I)c2)c1. The standard InChI is InChI=1S/C22H30I2N2O3/c23-19-5-1-7-21(17-19)25-9-3-11-27-13-15-29-16-14-28-12-4-10-26-22-8-2-6-20(24)18-22/h1-2,5-8,17-18,25-26H,3-4,9-16H2. The molecule has 0 aliphatic carbocycles. The third-order valence-corrected chi connectivity index (χ3v) is 5.32. The Labute approximate surface area is 201 Å². The van der Waals surface area contributed by atoms with Crippen molar-refractivity contribution in [3.8, 4) is 0 Å².